The third-order valence-corrected chi connectivity index (χ3v) is 2.49. The number of fused-ring (bicyclic) bond motifs is 1. The number of benzene rings is 2. The van der Waals surface area contributed by atoms with Crippen LogP contribution in [0.15, 0.2) is 18.2 Å². The lowest BCUT2D eigenvalue weighted by Crippen LogP contribution is -1.97. The highest BCUT2D eigenvalue weighted by Crippen LogP contribution is 2.33. The van der Waals surface area contributed by atoms with E-state index in [1.54, 1.807) is 0 Å². The summed E-state index contributed by atoms with van der Waals surface area (Å²) in [6.45, 7) is 0. The van der Waals surface area contributed by atoms with Gasteiger partial charge in [0, 0.05) is 0 Å². The summed E-state index contributed by atoms with van der Waals surface area (Å²) in [5.74, 6) is -3.83. The molecule has 0 aliphatic rings. The predicted octanol–water partition coefficient (Wildman–Crippen LogP) is 3.27. The van der Waals surface area contributed by atoms with Gasteiger partial charge in [-0.3, -0.25) is 0 Å². The second-order valence-corrected chi connectivity index (χ2v) is 3.39. The smallest absolute Gasteiger partial charge is 0.201 e. The minimum Gasteiger partial charge on any atom is -0.494 e. The number of hydrogen-bond acceptors (Lipinski definition) is 2. The van der Waals surface area contributed by atoms with Gasteiger partial charge in [0.2, 0.25) is 5.82 Å². The van der Waals surface area contributed by atoms with Crippen LogP contribution in [0.1, 0.15) is 0 Å². The van der Waals surface area contributed by atoms with Gasteiger partial charge in [0.25, 0.3) is 0 Å². The molecule has 2 aromatic rings. The van der Waals surface area contributed by atoms with Crippen LogP contribution in [-0.2, 0) is 0 Å². The molecule has 0 radical (unpaired) electrons. The van der Waals surface area contributed by atoms with Gasteiger partial charge >= 0.3 is 0 Å². The van der Waals surface area contributed by atoms with E-state index in [-0.39, 0.29) is 16.9 Å². The molecule has 0 N–H and O–H groups in total. The number of rotatable bonds is 2. The number of ether oxygens (including phenoxy) is 2. The van der Waals surface area contributed by atoms with Crippen molar-refractivity contribution in [2.24, 2.45) is 0 Å². The van der Waals surface area contributed by atoms with Gasteiger partial charge in [0.15, 0.2) is 23.1 Å². The average molecular weight is 242 g/mol. The fourth-order valence-electron chi connectivity index (χ4n) is 1.64. The monoisotopic (exact) mass is 242 g/mol. The van der Waals surface area contributed by atoms with Crippen molar-refractivity contribution >= 4 is 10.8 Å². The molecular formula is C12H9F3O2. The highest BCUT2D eigenvalue weighted by Gasteiger charge is 2.19. The average Bonchev–Trinajstić information content (AvgIpc) is 2.33. The van der Waals surface area contributed by atoms with Crippen LogP contribution in [0.5, 0.6) is 11.5 Å². The van der Waals surface area contributed by atoms with Gasteiger partial charge < -0.3 is 9.47 Å². The molecule has 0 aromatic heterocycles. The Labute approximate surface area is 95.6 Å². The summed E-state index contributed by atoms with van der Waals surface area (Å²) in [5.41, 5.74) is 0. The molecule has 0 fully saturated rings. The van der Waals surface area contributed by atoms with E-state index in [9.17, 15) is 13.2 Å². The fraction of sp³-hybridized carbons (Fsp3) is 0.167. The lowest BCUT2D eigenvalue weighted by Gasteiger charge is -2.09. The van der Waals surface area contributed by atoms with E-state index in [1.807, 2.05) is 0 Å². The van der Waals surface area contributed by atoms with Crippen molar-refractivity contribution in [3.63, 3.8) is 0 Å². The summed E-state index contributed by atoms with van der Waals surface area (Å²) in [6, 6.07) is 4.01. The molecule has 0 saturated heterocycles. The molecule has 0 bridgehead atoms. The molecule has 2 aromatic carbocycles. The van der Waals surface area contributed by atoms with E-state index >= 15 is 0 Å². The summed E-state index contributed by atoms with van der Waals surface area (Å²) in [4.78, 5) is 0. The predicted molar refractivity (Wildman–Crippen MR) is 56.9 cm³/mol. The van der Waals surface area contributed by atoms with Crippen LogP contribution in [0.3, 0.4) is 0 Å². The Morgan fingerprint density at radius 2 is 1.47 bits per heavy atom. The molecule has 5 heteroatoms. The molecule has 0 saturated carbocycles. The maximum absolute atomic E-state index is 13.8. The van der Waals surface area contributed by atoms with Crippen molar-refractivity contribution in [1.82, 2.24) is 0 Å². The van der Waals surface area contributed by atoms with Crippen molar-refractivity contribution in [3.8, 4) is 11.5 Å². The number of methoxy groups -OCH3 is 2. The van der Waals surface area contributed by atoms with Gasteiger partial charge in [-0.15, -0.1) is 0 Å². The summed E-state index contributed by atoms with van der Waals surface area (Å²) in [6.07, 6.45) is 0. The third kappa shape index (κ3) is 1.67. The van der Waals surface area contributed by atoms with Crippen LogP contribution >= 0.6 is 0 Å². The van der Waals surface area contributed by atoms with E-state index in [2.05, 4.69) is 4.74 Å². The molecule has 2 rings (SSSR count). The van der Waals surface area contributed by atoms with Crippen LogP contribution in [0, 0.1) is 17.5 Å². The molecule has 2 nitrogen and oxygen atoms in total. The van der Waals surface area contributed by atoms with Crippen LogP contribution in [0.2, 0.25) is 0 Å². The molecule has 90 valence electrons. The molecular weight excluding hydrogens is 233 g/mol. The lowest BCUT2D eigenvalue weighted by atomic mass is 10.1. The Morgan fingerprint density at radius 3 is 2.06 bits per heavy atom. The minimum atomic E-state index is -1.28. The maximum atomic E-state index is 13.8. The van der Waals surface area contributed by atoms with Gasteiger partial charge in [-0.1, -0.05) is 6.07 Å². The van der Waals surface area contributed by atoms with E-state index < -0.39 is 22.8 Å². The van der Waals surface area contributed by atoms with E-state index in [0.29, 0.717) is 0 Å². The first-order valence-corrected chi connectivity index (χ1v) is 4.78. The zero-order valence-corrected chi connectivity index (χ0v) is 9.18. The Balaban J connectivity index is 2.87. The van der Waals surface area contributed by atoms with Crippen LogP contribution in [-0.4, -0.2) is 14.2 Å². The van der Waals surface area contributed by atoms with Crippen LogP contribution in [0.4, 0.5) is 13.2 Å². The van der Waals surface area contributed by atoms with E-state index in [4.69, 9.17) is 4.74 Å². The van der Waals surface area contributed by atoms with Crippen molar-refractivity contribution in [2.45, 2.75) is 0 Å². The van der Waals surface area contributed by atoms with Gasteiger partial charge in [-0.05, 0) is 17.5 Å². The van der Waals surface area contributed by atoms with Crippen LogP contribution < -0.4 is 9.47 Å². The van der Waals surface area contributed by atoms with Gasteiger partial charge in [0.05, 0.1) is 19.6 Å². The van der Waals surface area contributed by atoms with Crippen molar-refractivity contribution < 1.29 is 22.6 Å². The first-order valence-electron chi connectivity index (χ1n) is 4.78. The zero-order valence-electron chi connectivity index (χ0n) is 9.18. The van der Waals surface area contributed by atoms with Crippen LogP contribution in [0.25, 0.3) is 10.8 Å². The van der Waals surface area contributed by atoms with E-state index in [1.165, 1.54) is 32.4 Å². The second kappa shape index (κ2) is 4.16. The fourth-order valence-corrected chi connectivity index (χ4v) is 1.64. The standard InChI is InChI=1S/C12H9F3O2/c1-16-7-4-3-6-5-8(17-2)11(14)12(15)9(6)10(7)13/h3-5H,1-2H3. The highest BCUT2D eigenvalue weighted by molar-refractivity contribution is 5.86. The largest absolute Gasteiger partial charge is 0.494 e. The maximum Gasteiger partial charge on any atom is 0.201 e. The van der Waals surface area contributed by atoms with E-state index in [0.717, 1.165) is 0 Å². The lowest BCUT2D eigenvalue weighted by molar-refractivity contribution is 0.371. The summed E-state index contributed by atoms with van der Waals surface area (Å²) in [5, 5.41) is -0.235. The van der Waals surface area contributed by atoms with Gasteiger partial charge in [0.1, 0.15) is 0 Å². The van der Waals surface area contributed by atoms with Crippen molar-refractivity contribution in [1.29, 1.82) is 0 Å². The second-order valence-electron chi connectivity index (χ2n) is 3.39. The summed E-state index contributed by atoms with van der Waals surface area (Å²) in [7, 11) is 2.46. The Hall–Kier alpha value is -1.91. The van der Waals surface area contributed by atoms with Crippen molar-refractivity contribution in [3.05, 3.63) is 35.7 Å². The SMILES string of the molecule is COc1cc2ccc(OC)c(F)c2c(F)c1F. The number of halogens is 3. The minimum absolute atomic E-state index is 0.138. The Kier molecular flexibility index (Phi) is 2.83. The van der Waals surface area contributed by atoms with Gasteiger partial charge in [-0.25, -0.2) is 8.78 Å². The third-order valence-electron chi connectivity index (χ3n) is 2.49. The molecule has 0 aliphatic heterocycles. The molecule has 17 heavy (non-hydrogen) atoms. The molecule has 0 heterocycles. The normalized spacial score (nSPS) is 10.6. The summed E-state index contributed by atoms with van der Waals surface area (Å²) < 4.78 is 50.3. The first-order chi connectivity index (χ1) is 8.10. The Morgan fingerprint density at radius 1 is 0.824 bits per heavy atom. The topological polar surface area (TPSA) is 18.5 Å². The molecule has 0 atom stereocenters. The molecule has 0 aliphatic carbocycles. The zero-order chi connectivity index (χ0) is 12.6. The summed E-state index contributed by atoms with van der Waals surface area (Å²) >= 11 is 0. The molecule has 0 spiro atoms. The quantitative estimate of drug-likeness (QED) is 0.804. The molecule has 0 amide bonds. The van der Waals surface area contributed by atoms with Gasteiger partial charge in [-0.2, -0.15) is 4.39 Å². The Bertz CT molecular complexity index is 582. The number of hydrogen-bond donors (Lipinski definition) is 0. The first kappa shape index (κ1) is 11.6. The molecule has 0 unspecified atom stereocenters. The van der Waals surface area contributed by atoms with Crippen molar-refractivity contribution in [2.75, 3.05) is 14.2 Å². The highest BCUT2D eigenvalue weighted by atomic mass is 19.2.